The first-order valence-electron chi connectivity index (χ1n) is 7.98. The Bertz CT molecular complexity index is 511. The molecule has 0 amide bonds. The molecule has 4 rings (SSSR count). The number of nitrogens with two attached hydrogens (primary N) is 1. The number of carbonyl (C=O) groups excluding carboxylic acids is 1. The summed E-state index contributed by atoms with van der Waals surface area (Å²) in [5, 5.41) is 0. The van der Waals surface area contributed by atoms with E-state index in [-0.39, 0.29) is 12.0 Å². The van der Waals surface area contributed by atoms with Crippen LogP contribution in [0.3, 0.4) is 0 Å². The molecule has 3 aliphatic carbocycles. The van der Waals surface area contributed by atoms with Gasteiger partial charge in [0.1, 0.15) is 0 Å². The maximum absolute atomic E-state index is 11.9. The molecular weight excluding hydrogens is 262 g/mol. The molecule has 4 atom stereocenters. The fourth-order valence-electron chi connectivity index (χ4n) is 4.23. The van der Waals surface area contributed by atoms with Gasteiger partial charge in [-0.25, -0.2) is 4.79 Å². The molecule has 2 bridgehead atoms. The van der Waals surface area contributed by atoms with Gasteiger partial charge in [0.15, 0.2) is 0 Å². The minimum Gasteiger partial charge on any atom is -0.462 e. The van der Waals surface area contributed by atoms with Gasteiger partial charge in [-0.3, -0.25) is 0 Å². The molecule has 3 saturated carbocycles. The van der Waals surface area contributed by atoms with Gasteiger partial charge in [0.25, 0.3) is 0 Å². The molecule has 1 aromatic carbocycles. The molecular formula is C18H25NO2. The number of hydrogen-bond acceptors (Lipinski definition) is 3. The van der Waals surface area contributed by atoms with Crippen molar-refractivity contribution in [1.29, 1.82) is 0 Å². The van der Waals surface area contributed by atoms with Gasteiger partial charge in [0, 0.05) is 6.04 Å². The molecule has 114 valence electrons. The summed E-state index contributed by atoms with van der Waals surface area (Å²) < 4.78 is 5.39. The van der Waals surface area contributed by atoms with Crippen LogP contribution in [-0.4, -0.2) is 18.6 Å². The number of esters is 1. The van der Waals surface area contributed by atoms with Gasteiger partial charge in [-0.2, -0.15) is 0 Å². The standard InChI is InChI=1S/C18H25NO2/c1-18(2)14-10-13(16(19)15(18)11-14)8-9-21-17(20)12-6-4-3-5-7-12/h3-7,13-16H,8-11,19H2,1-2H3. The smallest absolute Gasteiger partial charge is 0.338 e. The Morgan fingerprint density at radius 2 is 2.00 bits per heavy atom. The van der Waals surface area contributed by atoms with Gasteiger partial charge in [-0.1, -0.05) is 32.0 Å². The fraction of sp³-hybridized carbons (Fsp3) is 0.611. The van der Waals surface area contributed by atoms with E-state index in [0.29, 0.717) is 29.4 Å². The molecule has 0 spiro atoms. The number of benzene rings is 1. The van der Waals surface area contributed by atoms with E-state index >= 15 is 0 Å². The molecule has 0 saturated heterocycles. The zero-order valence-electron chi connectivity index (χ0n) is 12.9. The zero-order chi connectivity index (χ0) is 15.0. The SMILES string of the molecule is CC1(C)C2CC(CCOC(=O)c3ccccc3)C(N)C1C2. The van der Waals surface area contributed by atoms with Crippen molar-refractivity contribution in [2.75, 3.05) is 6.61 Å². The highest BCUT2D eigenvalue weighted by molar-refractivity contribution is 5.89. The topological polar surface area (TPSA) is 52.3 Å². The molecule has 0 radical (unpaired) electrons. The summed E-state index contributed by atoms with van der Waals surface area (Å²) >= 11 is 0. The minimum absolute atomic E-state index is 0.231. The van der Waals surface area contributed by atoms with Crippen LogP contribution < -0.4 is 5.73 Å². The van der Waals surface area contributed by atoms with Gasteiger partial charge >= 0.3 is 5.97 Å². The van der Waals surface area contributed by atoms with E-state index < -0.39 is 0 Å². The van der Waals surface area contributed by atoms with Gasteiger partial charge in [-0.15, -0.1) is 0 Å². The van der Waals surface area contributed by atoms with Crippen molar-refractivity contribution in [1.82, 2.24) is 0 Å². The summed E-state index contributed by atoms with van der Waals surface area (Å²) in [6.07, 6.45) is 3.37. The van der Waals surface area contributed by atoms with Crippen LogP contribution in [-0.2, 0) is 4.74 Å². The number of carbonyl (C=O) groups is 1. The lowest BCUT2D eigenvalue weighted by atomic mass is 9.45. The van der Waals surface area contributed by atoms with E-state index in [9.17, 15) is 4.79 Å². The average molecular weight is 287 g/mol. The third kappa shape index (κ3) is 2.59. The van der Waals surface area contributed by atoms with E-state index in [1.54, 1.807) is 12.1 Å². The van der Waals surface area contributed by atoms with Gasteiger partial charge in [-0.05, 0) is 54.6 Å². The summed E-state index contributed by atoms with van der Waals surface area (Å²) in [6.45, 7) is 5.17. The van der Waals surface area contributed by atoms with Crippen molar-refractivity contribution in [3.8, 4) is 0 Å². The summed E-state index contributed by atoms with van der Waals surface area (Å²) in [5.41, 5.74) is 7.46. The minimum atomic E-state index is -0.231. The maximum atomic E-state index is 11.9. The Morgan fingerprint density at radius 1 is 1.29 bits per heavy atom. The first-order chi connectivity index (χ1) is 10.00. The van der Waals surface area contributed by atoms with E-state index in [4.69, 9.17) is 10.5 Å². The van der Waals surface area contributed by atoms with Gasteiger partial charge in [0.05, 0.1) is 12.2 Å². The molecule has 1 aromatic rings. The second-order valence-electron chi connectivity index (χ2n) is 7.22. The number of fused-ring (bicyclic) bond motifs is 2. The normalized spacial score (nSPS) is 33.1. The third-order valence-electron chi connectivity index (χ3n) is 5.87. The van der Waals surface area contributed by atoms with Crippen LogP contribution in [0.1, 0.15) is 43.5 Å². The Kier molecular flexibility index (Phi) is 3.78. The van der Waals surface area contributed by atoms with Crippen molar-refractivity contribution in [3.63, 3.8) is 0 Å². The van der Waals surface area contributed by atoms with E-state index in [2.05, 4.69) is 13.8 Å². The number of rotatable bonds is 4. The lowest BCUT2D eigenvalue weighted by Crippen LogP contribution is -2.61. The Labute approximate surface area is 126 Å². The highest BCUT2D eigenvalue weighted by atomic mass is 16.5. The molecule has 3 aliphatic rings. The maximum Gasteiger partial charge on any atom is 0.338 e. The second kappa shape index (κ2) is 5.45. The van der Waals surface area contributed by atoms with Crippen LogP contribution in [0, 0.1) is 23.2 Å². The Balaban J connectivity index is 1.48. The molecule has 3 heteroatoms. The summed E-state index contributed by atoms with van der Waals surface area (Å²) in [4.78, 5) is 11.9. The second-order valence-corrected chi connectivity index (χ2v) is 7.22. The van der Waals surface area contributed by atoms with Crippen molar-refractivity contribution in [2.24, 2.45) is 28.9 Å². The van der Waals surface area contributed by atoms with E-state index in [0.717, 1.165) is 12.3 Å². The summed E-state index contributed by atoms with van der Waals surface area (Å²) in [6, 6.07) is 9.43. The quantitative estimate of drug-likeness (QED) is 0.865. The Hall–Kier alpha value is -1.35. The van der Waals surface area contributed by atoms with Crippen LogP contribution in [0.25, 0.3) is 0 Å². The van der Waals surface area contributed by atoms with E-state index in [1.165, 1.54) is 12.8 Å². The van der Waals surface area contributed by atoms with Crippen LogP contribution in [0.4, 0.5) is 0 Å². The van der Waals surface area contributed by atoms with Crippen LogP contribution in [0.5, 0.6) is 0 Å². The van der Waals surface area contributed by atoms with Crippen molar-refractivity contribution < 1.29 is 9.53 Å². The highest BCUT2D eigenvalue weighted by Gasteiger charge is 2.56. The molecule has 0 heterocycles. The molecule has 2 N–H and O–H groups in total. The van der Waals surface area contributed by atoms with Gasteiger partial charge < -0.3 is 10.5 Å². The van der Waals surface area contributed by atoms with Crippen LogP contribution >= 0.6 is 0 Å². The van der Waals surface area contributed by atoms with E-state index in [1.807, 2.05) is 18.2 Å². The number of ether oxygens (including phenoxy) is 1. The van der Waals surface area contributed by atoms with Crippen molar-refractivity contribution in [3.05, 3.63) is 35.9 Å². The predicted octanol–water partition coefficient (Wildman–Crippen LogP) is 3.24. The van der Waals surface area contributed by atoms with Crippen LogP contribution in [0.2, 0.25) is 0 Å². The zero-order valence-corrected chi connectivity index (χ0v) is 12.9. The molecule has 3 fully saturated rings. The number of hydrogen-bond donors (Lipinski definition) is 1. The largest absolute Gasteiger partial charge is 0.462 e. The lowest BCUT2D eigenvalue weighted by molar-refractivity contribution is -0.108. The first kappa shape index (κ1) is 14.6. The predicted molar refractivity (Wildman–Crippen MR) is 82.8 cm³/mol. The molecule has 0 aromatic heterocycles. The summed E-state index contributed by atoms with van der Waals surface area (Å²) in [7, 11) is 0. The molecule has 3 nitrogen and oxygen atoms in total. The molecule has 21 heavy (non-hydrogen) atoms. The lowest BCUT2D eigenvalue weighted by Gasteiger charge is -2.61. The molecule has 4 unspecified atom stereocenters. The summed E-state index contributed by atoms with van der Waals surface area (Å²) in [5.74, 6) is 1.72. The molecule has 0 aliphatic heterocycles. The van der Waals surface area contributed by atoms with Crippen molar-refractivity contribution >= 4 is 5.97 Å². The Morgan fingerprint density at radius 3 is 2.62 bits per heavy atom. The van der Waals surface area contributed by atoms with Crippen LogP contribution in [0.15, 0.2) is 30.3 Å². The highest BCUT2D eigenvalue weighted by Crippen LogP contribution is 2.60. The van der Waals surface area contributed by atoms with Crippen molar-refractivity contribution in [2.45, 2.75) is 39.2 Å². The first-order valence-corrected chi connectivity index (χ1v) is 7.98. The van der Waals surface area contributed by atoms with Gasteiger partial charge in [0.2, 0.25) is 0 Å². The fourth-order valence-corrected chi connectivity index (χ4v) is 4.23. The average Bonchev–Trinajstić information content (AvgIpc) is 2.49. The third-order valence-corrected chi connectivity index (χ3v) is 5.87. The monoisotopic (exact) mass is 287 g/mol.